The van der Waals surface area contributed by atoms with Crippen molar-refractivity contribution in [3.05, 3.63) is 0 Å². The fourth-order valence-corrected chi connectivity index (χ4v) is 4.28. The molecule has 4 unspecified atom stereocenters. The predicted molar refractivity (Wildman–Crippen MR) is 73.4 cm³/mol. The van der Waals surface area contributed by atoms with Crippen molar-refractivity contribution in [3.63, 3.8) is 0 Å². The van der Waals surface area contributed by atoms with E-state index in [0.29, 0.717) is 0 Å². The molecule has 0 N–H and O–H groups in total. The normalized spacial score (nSPS) is 38.2. The predicted octanol–water partition coefficient (Wildman–Crippen LogP) is 5.23. The summed E-state index contributed by atoms with van der Waals surface area (Å²) in [5.41, 5.74) is 0. The molecule has 0 aromatic carbocycles. The summed E-state index contributed by atoms with van der Waals surface area (Å²) in [5, 5.41) is 0. The van der Waals surface area contributed by atoms with Gasteiger partial charge in [0.1, 0.15) is 0 Å². The Morgan fingerprint density at radius 2 is 1.25 bits per heavy atom. The molecule has 0 spiro atoms. The van der Waals surface area contributed by atoms with Crippen molar-refractivity contribution in [2.24, 2.45) is 41.4 Å². The van der Waals surface area contributed by atoms with Crippen LogP contribution in [0.2, 0.25) is 0 Å². The fourth-order valence-electron chi connectivity index (χ4n) is 4.28. The first kappa shape index (κ1) is 14.1. The Morgan fingerprint density at radius 3 is 1.62 bits per heavy atom. The van der Waals surface area contributed by atoms with Gasteiger partial charge >= 0.3 is 0 Å². The number of hydrogen-bond donors (Lipinski definition) is 0. The Labute approximate surface area is 103 Å². The third kappa shape index (κ3) is 2.31. The zero-order valence-electron chi connectivity index (χ0n) is 12.5. The lowest BCUT2D eigenvalue weighted by molar-refractivity contribution is -0.0469. The van der Waals surface area contributed by atoms with E-state index in [0.717, 1.165) is 41.4 Å². The van der Waals surface area contributed by atoms with E-state index < -0.39 is 0 Å². The molecule has 0 saturated heterocycles. The fraction of sp³-hybridized carbons (Fsp3) is 1.00. The Hall–Kier alpha value is 0. The average Bonchev–Trinajstić information content (AvgIpc) is 2.30. The number of rotatable bonds is 5. The maximum Gasteiger partial charge on any atom is -0.0329 e. The number of hydrogen-bond acceptors (Lipinski definition) is 0. The molecule has 0 amide bonds. The van der Waals surface area contributed by atoms with Crippen LogP contribution in [-0.2, 0) is 0 Å². The molecule has 1 rings (SSSR count). The summed E-state index contributed by atoms with van der Waals surface area (Å²) in [6.07, 6.45) is 2.71. The Morgan fingerprint density at radius 1 is 0.812 bits per heavy atom. The van der Waals surface area contributed by atoms with Crippen molar-refractivity contribution in [2.75, 3.05) is 0 Å². The van der Waals surface area contributed by atoms with Gasteiger partial charge in [0, 0.05) is 0 Å². The van der Waals surface area contributed by atoms with E-state index in [4.69, 9.17) is 0 Å². The first-order valence-electron chi connectivity index (χ1n) is 7.45. The first-order valence-corrected chi connectivity index (χ1v) is 7.45. The molecule has 1 saturated carbocycles. The minimum Gasteiger partial charge on any atom is -0.0651 e. The van der Waals surface area contributed by atoms with Crippen LogP contribution in [0.3, 0.4) is 0 Å². The third-order valence-electron chi connectivity index (χ3n) is 6.10. The highest BCUT2D eigenvalue weighted by molar-refractivity contribution is 4.94. The zero-order valence-corrected chi connectivity index (χ0v) is 12.5. The van der Waals surface area contributed by atoms with Crippen LogP contribution in [0.4, 0.5) is 0 Å². The maximum absolute atomic E-state index is 2.51. The summed E-state index contributed by atoms with van der Waals surface area (Å²) in [7, 11) is 0. The van der Waals surface area contributed by atoms with Gasteiger partial charge in [-0.05, 0) is 41.4 Å². The Bertz CT molecular complexity index is 194. The topological polar surface area (TPSA) is 0 Å². The van der Waals surface area contributed by atoms with Gasteiger partial charge in [0.15, 0.2) is 0 Å². The second-order valence-corrected chi connectivity index (χ2v) is 6.45. The van der Waals surface area contributed by atoms with Crippen molar-refractivity contribution in [1.82, 2.24) is 0 Å². The lowest BCUT2D eigenvalue weighted by Crippen LogP contribution is -2.47. The summed E-state index contributed by atoms with van der Waals surface area (Å²) in [6, 6.07) is 0. The lowest BCUT2D eigenvalue weighted by Gasteiger charge is -2.53. The van der Waals surface area contributed by atoms with Crippen LogP contribution >= 0.6 is 0 Å². The molecule has 0 bridgehead atoms. The molecule has 1 fully saturated rings. The second kappa shape index (κ2) is 5.56. The Kier molecular flexibility index (Phi) is 4.88. The largest absolute Gasteiger partial charge is 0.0651 e. The van der Waals surface area contributed by atoms with Crippen molar-refractivity contribution < 1.29 is 0 Å². The van der Waals surface area contributed by atoms with Gasteiger partial charge in [-0.2, -0.15) is 0 Å². The summed E-state index contributed by atoms with van der Waals surface area (Å²) in [6.45, 7) is 17.1. The highest BCUT2D eigenvalue weighted by Gasteiger charge is 2.46. The van der Waals surface area contributed by atoms with E-state index in [1.807, 2.05) is 0 Å². The van der Waals surface area contributed by atoms with Crippen LogP contribution in [0.25, 0.3) is 0 Å². The third-order valence-corrected chi connectivity index (χ3v) is 6.10. The van der Waals surface area contributed by atoms with Gasteiger partial charge in [0.05, 0.1) is 0 Å². The van der Waals surface area contributed by atoms with Gasteiger partial charge in [0.2, 0.25) is 0 Å². The molecule has 0 radical (unpaired) electrons. The van der Waals surface area contributed by atoms with Gasteiger partial charge in [-0.3, -0.25) is 0 Å². The molecule has 0 aromatic heterocycles. The van der Waals surface area contributed by atoms with Crippen LogP contribution in [0.15, 0.2) is 0 Å². The van der Waals surface area contributed by atoms with E-state index in [-0.39, 0.29) is 0 Å². The molecule has 96 valence electrons. The molecular formula is C16H32. The highest BCUT2D eigenvalue weighted by atomic mass is 14.5. The van der Waals surface area contributed by atoms with Crippen molar-refractivity contribution in [1.29, 1.82) is 0 Å². The smallest absolute Gasteiger partial charge is 0.0329 e. The quantitative estimate of drug-likeness (QED) is 0.599. The van der Waals surface area contributed by atoms with E-state index >= 15 is 0 Å². The standard InChI is InChI=1S/C16H32/c1-8-15(9-2)11(4)14(7)16-12(5)10(3)13(16)6/h10-16H,8-9H2,1-7H3. The van der Waals surface area contributed by atoms with Gasteiger partial charge in [-0.15, -0.1) is 0 Å². The second-order valence-electron chi connectivity index (χ2n) is 6.45. The molecule has 1 aliphatic carbocycles. The van der Waals surface area contributed by atoms with Gasteiger partial charge in [-0.1, -0.05) is 61.3 Å². The van der Waals surface area contributed by atoms with E-state index in [9.17, 15) is 0 Å². The van der Waals surface area contributed by atoms with Crippen LogP contribution in [-0.4, -0.2) is 0 Å². The molecule has 0 aliphatic heterocycles. The summed E-state index contributed by atoms with van der Waals surface area (Å²) in [4.78, 5) is 0. The van der Waals surface area contributed by atoms with Crippen LogP contribution in [0.1, 0.15) is 61.3 Å². The average molecular weight is 224 g/mol. The molecular weight excluding hydrogens is 192 g/mol. The van der Waals surface area contributed by atoms with Gasteiger partial charge in [-0.25, -0.2) is 0 Å². The monoisotopic (exact) mass is 224 g/mol. The SMILES string of the molecule is CCC(CC)C(C)C(C)C1C(C)C(C)C1C. The molecule has 0 aromatic rings. The maximum atomic E-state index is 2.51. The van der Waals surface area contributed by atoms with E-state index in [1.54, 1.807) is 0 Å². The molecule has 0 nitrogen and oxygen atoms in total. The van der Waals surface area contributed by atoms with E-state index in [1.165, 1.54) is 12.8 Å². The van der Waals surface area contributed by atoms with Crippen molar-refractivity contribution >= 4 is 0 Å². The summed E-state index contributed by atoms with van der Waals surface area (Å²) >= 11 is 0. The minimum absolute atomic E-state index is 0.900. The molecule has 0 heterocycles. The Balaban J connectivity index is 2.60. The summed E-state index contributed by atoms with van der Waals surface area (Å²) < 4.78 is 0. The first-order chi connectivity index (χ1) is 7.45. The lowest BCUT2D eigenvalue weighted by atomic mass is 9.52. The molecule has 4 atom stereocenters. The molecule has 0 heteroatoms. The van der Waals surface area contributed by atoms with E-state index in [2.05, 4.69) is 48.5 Å². The van der Waals surface area contributed by atoms with Crippen molar-refractivity contribution in [2.45, 2.75) is 61.3 Å². The van der Waals surface area contributed by atoms with Gasteiger partial charge < -0.3 is 0 Å². The minimum atomic E-state index is 0.900. The zero-order chi connectivity index (χ0) is 12.5. The van der Waals surface area contributed by atoms with Crippen molar-refractivity contribution in [3.8, 4) is 0 Å². The van der Waals surface area contributed by atoms with Crippen LogP contribution in [0, 0.1) is 41.4 Å². The highest BCUT2D eigenvalue weighted by Crippen LogP contribution is 2.51. The molecule has 16 heavy (non-hydrogen) atoms. The van der Waals surface area contributed by atoms with Crippen LogP contribution in [0.5, 0.6) is 0 Å². The van der Waals surface area contributed by atoms with Gasteiger partial charge in [0.25, 0.3) is 0 Å². The molecule has 1 aliphatic rings. The van der Waals surface area contributed by atoms with Crippen LogP contribution < -0.4 is 0 Å². The summed E-state index contributed by atoms with van der Waals surface area (Å²) in [5.74, 6) is 6.56.